The van der Waals surface area contributed by atoms with Crippen LogP contribution in [-0.4, -0.2) is 15.7 Å². The summed E-state index contributed by atoms with van der Waals surface area (Å²) >= 11 is 6.02. The molecule has 6 heteroatoms. The number of aryl methyl sites for hydroxylation is 1. The van der Waals surface area contributed by atoms with Gasteiger partial charge in [-0.3, -0.25) is 9.48 Å². The third kappa shape index (κ3) is 3.24. The molecule has 110 valence electrons. The van der Waals surface area contributed by atoms with Crippen LogP contribution >= 0.6 is 11.6 Å². The summed E-state index contributed by atoms with van der Waals surface area (Å²) in [5.74, 6) is 0.349. The minimum Gasteiger partial charge on any atom is -0.309 e. The highest BCUT2D eigenvalue weighted by Gasteiger charge is 2.30. The average molecular weight is 308 g/mol. The van der Waals surface area contributed by atoms with Gasteiger partial charge in [0.15, 0.2) is 5.82 Å². The zero-order chi connectivity index (χ0) is 15.0. The monoisotopic (exact) mass is 307 g/mol. The Hall–Kier alpha value is -1.88. The number of anilines is 1. The van der Waals surface area contributed by atoms with E-state index in [0.717, 1.165) is 24.1 Å². The minimum absolute atomic E-state index is 0.0273. The van der Waals surface area contributed by atoms with Crippen LogP contribution in [0, 0.1) is 18.7 Å². The number of aromatic nitrogens is 2. The normalized spacial score (nSPS) is 14.2. The molecule has 1 aliphatic carbocycles. The zero-order valence-electron chi connectivity index (χ0n) is 11.6. The molecular formula is C15H15ClFN3O. The molecule has 1 aromatic heterocycles. The largest absolute Gasteiger partial charge is 0.309 e. The molecule has 0 saturated heterocycles. The first-order valence-corrected chi connectivity index (χ1v) is 7.20. The van der Waals surface area contributed by atoms with Crippen LogP contribution in [0.4, 0.5) is 10.2 Å². The first-order valence-electron chi connectivity index (χ1n) is 6.82. The number of rotatable bonds is 4. The summed E-state index contributed by atoms with van der Waals surface area (Å²) in [7, 11) is 0. The Labute approximate surface area is 126 Å². The average Bonchev–Trinajstić information content (AvgIpc) is 3.20. The van der Waals surface area contributed by atoms with Gasteiger partial charge in [0, 0.05) is 22.7 Å². The number of nitrogens with zero attached hydrogens (tertiary/aromatic N) is 2. The lowest BCUT2D eigenvalue weighted by Gasteiger charge is -2.06. The Balaban J connectivity index is 1.75. The number of hydrogen-bond acceptors (Lipinski definition) is 2. The Morgan fingerprint density at radius 3 is 2.90 bits per heavy atom. The standard InChI is InChI=1S/C15H15ClFN3O/c1-9-6-14(18-15(21)10-2-3-10)19-20(9)8-11-4-5-12(17)7-13(11)16/h4-7,10H,2-3,8H2,1H3,(H,18,19,21). The van der Waals surface area contributed by atoms with Crippen molar-refractivity contribution >= 4 is 23.3 Å². The lowest BCUT2D eigenvalue weighted by molar-refractivity contribution is -0.117. The lowest BCUT2D eigenvalue weighted by atomic mass is 10.2. The van der Waals surface area contributed by atoms with Crippen LogP contribution in [0.1, 0.15) is 24.1 Å². The van der Waals surface area contributed by atoms with E-state index < -0.39 is 0 Å². The first-order chi connectivity index (χ1) is 10.0. The maximum Gasteiger partial charge on any atom is 0.228 e. The summed E-state index contributed by atoms with van der Waals surface area (Å²) in [5, 5.41) is 7.53. The molecule has 3 rings (SSSR count). The zero-order valence-corrected chi connectivity index (χ0v) is 12.3. The Bertz CT molecular complexity index is 694. The molecule has 1 heterocycles. The second-order valence-corrected chi connectivity index (χ2v) is 5.74. The molecule has 1 aliphatic rings. The summed E-state index contributed by atoms with van der Waals surface area (Å²) < 4.78 is 14.8. The lowest BCUT2D eigenvalue weighted by Crippen LogP contribution is -2.14. The summed E-state index contributed by atoms with van der Waals surface area (Å²) in [4.78, 5) is 11.7. The molecule has 1 fully saturated rings. The van der Waals surface area contributed by atoms with Gasteiger partial charge in [0.1, 0.15) is 5.82 Å². The molecule has 2 aromatic rings. The van der Waals surface area contributed by atoms with Gasteiger partial charge >= 0.3 is 0 Å². The Kier molecular flexibility index (Phi) is 3.68. The fourth-order valence-electron chi connectivity index (χ4n) is 2.12. The van der Waals surface area contributed by atoms with E-state index in [1.165, 1.54) is 12.1 Å². The van der Waals surface area contributed by atoms with Gasteiger partial charge < -0.3 is 5.32 Å². The number of halogens is 2. The van der Waals surface area contributed by atoms with E-state index in [1.807, 2.05) is 13.0 Å². The van der Waals surface area contributed by atoms with Crippen molar-refractivity contribution in [2.24, 2.45) is 5.92 Å². The van der Waals surface area contributed by atoms with Gasteiger partial charge in [0.05, 0.1) is 6.54 Å². The number of carbonyl (C=O) groups is 1. The van der Waals surface area contributed by atoms with Crippen molar-refractivity contribution in [1.82, 2.24) is 9.78 Å². The highest BCUT2D eigenvalue weighted by molar-refractivity contribution is 6.31. The van der Waals surface area contributed by atoms with Gasteiger partial charge in [-0.25, -0.2) is 4.39 Å². The maximum absolute atomic E-state index is 13.0. The van der Waals surface area contributed by atoms with Gasteiger partial charge in [0.25, 0.3) is 0 Å². The molecule has 1 aromatic carbocycles. The minimum atomic E-state index is -0.363. The first kappa shape index (κ1) is 14.1. The van der Waals surface area contributed by atoms with Crippen LogP contribution in [-0.2, 0) is 11.3 Å². The third-order valence-electron chi connectivity index (χ3n) is 3.52. The fraction of sp³-hybridized carbons (Fsp3) is 0.333. The van der Waals surface area contributed by atoms with E-state index in [0.29, 0.717) is 17.4 Å². The number of hydrogen-bond donors (Lipinski definition) is 1. The Morgan fingerprint density at radius 1 is 1.48 bits per heavy atom. The van der Waals surface area contributed by atoms with Crippen LogP contribution in [0.15, 0.2) is 24.3 Å². The van der Waals surface area contributed by atoms with Crippen LogP contribution < -0.4 is 5.32 Å². The van der Waals surface area contributed by atoms with Gasteiger partial charge in [-0.05, 0) is 37.5 Å². The summed E-state index contributed by atoms with van der Waals surface area (Å²) in [5.41, 5.74) is 1.69. The van der Waals surface area contributed by atoms with Gasteiger partial charge in [-0.2, -0.15) is 5.10 Å². The summed E-state index contributed by atoms with van der Waals surface area (Å²) in [6, 6.07) is 6.11. The van der Waals surface area contributed by atoms with E-state index in [1.54, 1.807) is 10.7 Å². The van der Waals surface area contributed by atoms with Gasteiger partial charge in [-0.1, -0.05) is 17.7 Å². The highest BCUT2D eigenvalue weighted by Crippen LogP contribution is 2.30. The molecule has 4 nitrogen and oxygen atoms in total. The van der Waals surface area contributed by atoms with Crippen molar-refractivity contribution < 1.29 is 9.18 Å². The molecule has 0 radical (unpaired) electrons. The highest BCUT2D eigenvalue weighted by atomic mass is 35.5. The topological polar surface area (TPSA) is 46.9 Å². The molecule has 0 spiro atoms. The maximum atomic E-state index is 13.0. The number of benzene rings is 1. The van der Waals surface area contributed by atoms with Gasteiger partial charge in [-0.15, -0.1) is 0 Å². The van der Waals surface area contributed by atoms with Crippen LogP contribution in [0.2, 0.25) is 5.02 Å². The smallest absolute Gasteiger partial charge is 0.228 e. The molecule has 0 atom stereocenters. The van der Waals surface area contributed by atoms with Crippen molar-refractivity contribution in [2.75, 3.05) is 5.32 Å². The third-order valence-corrected chi connectivity index (χ3v) is 3.87. The molecular weight excluding hydrogens is 293 g/mol. The molecule has 0 unspecified atom stereocenters. The van der Waals surface area contributed by atoms with Crippen molar-refractivity contribution in [3.63, 3.8) is 0 Å². The number of carbonyl (C=O) groups excluding carboxylic acids is 1. The van der Waals surface area contributed by atoms with Crippen LogP contribution in [0.3, 0.4) is 0 Å². The van der Waals surface area contributed by atoms with E-state index in [9.17, 15) is 9.18 Å². The van der Waals surface area contributed by atoms with Crippen molar-refractivity contribution in [3.05, 3.63) is 46.4 Å². The number of nitrogens with one attached hydrogen (secondary N) is 1. The molecule has 1 N–H and O–H groups in total. The van der Waals surface area contributed by atoms with Gasteiger partial charge in [0.2, 0.25) is 5.91 Å². The van der Waals surface area contributed by atoms with Crippen LogP contribution in [0.25, 0.3) is 0 Å². The van der Waals surface area contributed by atoms with E-state index in [4.69, 9.17) is 11.6 Å². The molecule has 21 heavy (non-hydrogen) atoms. The molecule has 1 saturated carbocycles. The Morgan fingerprint density at radius 2 is 2.24 bits per heavy atom. The van der Waals surface area contributed by atoms with Crippen molar-refractivity contribution in [3.8, 4) is 0 Å². The quantitative estimate of drug-likeness (QED) is 0.941. The van der Waals surface area contributed by atoms with Crippen molar-refractivity contribution in [1.29, 1.82) is 0 Å². The molecule has 0 aliphatic heterocycles. The predicted octanol–water partition coefficient (Wildman–Crippen LogP) is 3.38. The summed E-state index contributed by atoms with van der Waals surface area (Å²) in [6.07, 6.45) is 1.91. The van der Waals surface area contributed by atoms with Crippen molar-refractivity contribution in [2.45, 2.75) is 26.3 Å². The molecule has 1 amide bonds. The second kappa shape index (κ2) is 5.48. The van der Waals surface area contributed by atoms with E-state index in [-0.39, 0.29) is 17.6 Å². The summed E-state index contributed by atoms with van der Waals surface area (Å²) in [6.45, 7) is 2.33. The number of amides is 1. The predicted molar refractivity (Wildman–Crippen MR) is 78.8 cm³/mol. The molecule has 0 bridgehead atoms. The van der Waals surface area contributed by atoms with E-state index >= 15 is 0 Å². The van der Waals surface area contributed by atoms with E-state index in [2.05, 4.69) is 10.4 Å². The van der Waals surface area contributed by atoms with Crippen LogP contribution in [0.5, 0.6) is 0 Å². The fourth-order valence-corrected chi connectivity index (χ4v) is 2.34. The second-order valence-electron chi connectivity index (χ2n) is 5.33. The SMILES string of the molecule is Cc1cc(NC(=O)C2CC2)nn1Cc1ccc(F)cc1Cl.